The molecule has 1 aliphatic rings. The van der Waals surface area contributed by atoms with Gasteiger partial charge in [0.05, 0.1) is 10.6 Å². The number of anilines is 1. The Labute approximate surface area is 104 Å². The largest absolute Gasteiger partial charge is 0.359 e. The standard InChI is InChI=1S/C13H13FN2S/c1-8-12(9-3-2-4-10(14)7-9)17-13(15-8)16-11-5-6-11/h2-4,7,11H,5-6H2,1H3,(H,15,16). The summed E-state index contributed by atoms with van der Waals surface area (Å²) in [6.45, 7) is 1.97. The highest BCUT2D eigenvalue weighted by Crippen LogP contribution is 2.35. The SMILES string of the molecule is Cc1nc(NC2CC2)sc1-c1cccc(F)c1. The van der Waals surface area contributed by atoms with E-state index in [1.54, 1.807) is 23.5 Å². The Morgan fingerprint density at radius 2 is 2.24 bits per heavy atom. The van der Waals surface area contributed by atoms with Crippen molar-refractivity contribution in [2.75, 3.05) is 5.32 Å². The molecule has 3 rings (SSSR count). The molecule has 1 aromatic heterocycles. The van der Waals surface area contributed by atoms with Crippen LogP contribution in [0.3, 0.4) is 0 Å². The van der Waals surface area contributed by atoms with Gasteiger partial charge in [0.15, 0.2) is 5.13 Å². The van der Waals surface area contributed by atoms with Crippen LogP contribution in [0, 0.1) is 12.7 Å². The molecule has 0 saturated heterocycles. The molecule has 4 heteroatoms. The molecule has 17 heavy (non-hydrogen) atoms. The monoisotopic (exact) mass is 248 g/mol. The van der Waals surface area contributed by atoms with E-state index in [4.69, 9.17) is 0 Å². The van der Waals surface area contributed by atoms with Gasteiger partial charge >= 0.3 is 0 Å². The van der Waals surface area contributed by atoms with E-state index in [2.05, 4.69) is 10.3 Å². The minimum atomic E-state index is -0.202. The molecule has 1 N–H and O–H groups in total. The third-order valence-electron chi connectivity index (χ3n) is 2.79. The second-order valence-electron chi connectivity index (χ2n) is 4.36. The highest BCUT2D eigenvalue weighted by molar-refractivity contribution is 7.19. The van der Waals surface area contributed by atoms with Crippen LogP contribution >= 0.6 is 11.3 Å². The van der Waals surface area contributed by atoms with Gasteiger partial charge in [-0.1, -0.05) is 23.5 Å². The van der Waals surface area contributed by atoms with Gasteiger partial charge in [-0.3, -0.25) is 0 Å². The van der Waals surface area contributed by atoms with Gasteiger partial charge in [0, 0.05) is 6.04 Å². The molecule has 1 aromatic carbocycles. The average Bonchev–Trinajstić information content (AvgIpc) is 3.01. The van der Waals surface area contributed by atoms with E-state index in [-0.39, 0.29) is 5.82 Å². The van der Waals surface area contributed by atoms with E-state index < -0.39 is 0 Å². The van der Waals surface area contributed by atoms with Gasteiger partial charge in [-0.15, -0.1) is 0 Å². The molecule has 0 spiro atoms. The lowest BCUT2D eigenvalue weighted by Crippen LogP contribution is -1.99. The number of nitrogens with zero attached hydrogens (tertiary/aromatic N) is 1. The number of aryl methyl sites for hydroxylation is 1. The van der Waals surface area contributed by atoms with Gasteiger partial charge in [-0.05, 0) is 37.5 Å². The summed E-state index contributed by atoms with van der Waals surface area (Å²) in [5.41, 5.74) is 1.87. The number of rotatable bonds is 3. The summed E-state index contributed by atoms with van der Waals surface area (Å²) in [6.07, 6.45) is 2.46. The summed E-state index contributed by atoms with van der Waals surface area (Å²) < 4.78 is 13.2. The Morgan fingerprint density at radius 1 is 1.41 bits per heavy atom. The van der Waals surface area contributed by atoms with Crippen molar-refractivity contribution in [1.29, 1.82) is 0 Å². The molecule has 0 unspecified atom stereocenters. The first kappa shape index (κ1) is 10.7. The molecule has 0 aliphatic heterocycles. The molecule has 0 radical (unpaired) electrons. The van der Waals surface area contributed by atoms with E-state index in [0.29, 0.717) is 6.04 Å². The van der Waals surface area contributed by atoms with Crippen LogP contribution in [0.15, 0.2) is 24.3 Å². The Kier molecular flexibility index (Phi) is 2.59. The molecule has 1 aliphatic carbocycles. The maximum Gasteiger partial charge on any atom is 0.183 e. The van der Waals surface area contributed by atoms with E-state index >= 15 is 0 Å². The first-order chi connectivity index (χ1) is 8.22. The molecule has 0 atom stereocenters. The average molecular weight is 248 g/mol. The fourth-order valence-corrected chi connectivity index (χ4v) is 2.80. The minimum absolute atomic E-state index is 0.202. The van der Waals surface area contributed by atoms with E-state index in [0.717, 1.165) is 21.3 Å². The summed E-state index contributed by atoms with van der Waals surface area (Å²) in [4.78, 5) is 5.53. The molecule has 1 saturated carbocycles. The van der Waals surface area contributed by atoms with E-state index in [1.807, 2.05) is 13.0 Å². The lowest BCUT2D eigenvalue weighted by atomic mass is 10.1. The highest BCUT2D eigenvalue weighted by Gasteiger charge is 2.22. The van der Waals surface area contributed by atoms with Crippen LogP contribution in [-0.2, 0) is 0 Å². The summed E-state index contributed by atoms with van der Waals surface area (Å²) in [5, 5.41) is 4.32. The zero-order chi connectivity index (χ0) is 11.8. The molecule has 2 nitrogen and oxygen atoms in total. The van der Waals surface area contributed by atoms with Gasteiger partial charge in [-0.2, -0.15) is 0 Å². The molecular weight excluding hydrogens is 235 g/mol. The van der Waals surface area contributed by atoms with Crippen LogP contribution in [0.1, 0.15) is 18.5 Å². The summed E-state index contributed by atoms with van der Waals surface area (Å²) >= 11 is 1.60. The van der Waals surface area contributed by atoms with Crippen molar-refractivity contribution in [2.45, 2.75) is 25.8 Å². The van der Waals surface area contributed by atoms with Gasteiger partial charge in [-0.25, -0.2) is 9.37 Å². The third kappa shape index (κ3) is 2.31. The van der Waals surface area contributed by atoms with E-state index in [9.17, 15) is 4.39 Å². The molecular formula is C13H13FN2S. The van der Waals surface area contributed by atoms with Crippen LogP contribution < -0.4 is 5.32 Å². The number of hydrogen-bond acceptors (Lipinski definition) is 3. The Bertz CT molecular complexity index is 546. The maximum absolute atomic E-state index is 13.2. The Balaban J connectivity index is 1.93. The number of hydrogen-bond donors (Lipinski definition) is 1. The number of thiazole rings is 1. The predicted molar refractivity (Wildman–Crippen MR) is 68.9 cm³/mol. The first-order valence-corrected chi connectivity index (χ1v) is 6.54. The van der Waals surface area contributed by atoms with Crippen LogP contribution in [0.4, 0.5) is 9.52 Å². The van der Waals surface area contributed by atoms with Crippen molar-refractivity contribution < 1.29 is 4.39 Å². The summed E-state index contributed by atoms with van der Waals surface area (Å²) in [5.74, 6) is -0.202. The van der Waals surface area contributed by atoms with Gasteiger partial charge < -0.3 is 5.32 Å². The maximum atomic E-state index is 13.2. The van der Waals surface area contributed by atoms with Gasteiger partial charge in [0.2, 0.25) is 0 Å². The number of halogens is 1. The smallest absolute Gasteiger partial charge is 0.183 e. The van der Waals surface area contributed by atoms with Gasteiger partial charge in [0.25, 0.3) is 0 Å². The van der Waals surface area contributed by atoms with Crippen LogP contribution in [-0.4, -0.2) is 11.0 Å². The highest BCUT2D eigenvalue weighted by atomic mass is 32.1. The lowest BCUT2D eigenvalue weighted by Gasteiger charge is -1.98. The summed E-state index contributed by atoms with van der Waals surface area (Å²) in [6, 6.07) is 7.27. The van der Waals surface area contributed by atoms with Crippen molar-refractivity contribution in [3.05, 3.63) is 35.8 Å². The Morgan fingerprint density at radius 3 is 2.94 bits per heavy atom. The fraction of sp³-hybridized carbons (Fsp3) is 0.308. The number of aromatic nitrogens is 1. The molecule has 2 aromatic rings. The zero-order valence-electron chi connectivity index (χ0n) is 9.53. The van der Waals surface area contributed by atoms with Gasteiger partial charge in [0.1, 0.15) is 5.82 Å². The fourth-order valence-electron chi connectivity index (χ4n) is 1.76. The second kappa shape index (κ2) is 4.11. The quantitative estimate of drug-likeness (QED) is 0.892. The number of nitrogens with one attached hydrogen (secondary N) is 1. The van der Waals surface area contributed by atoms with Crippen molar-refractivity contribution in [3.8, 4) is 10.4 Å². The molecule has 88 valence electrons. The van der Waals surface area contributed by atoms with Crippen molar-refractivity contribution in [1.82, 2.24) is 4.98 Å². The molecule has 0 bridgehead atoms. The normalized spacial score (nSPS) is 14.9. The van der Waals surface area contributed by atoms with E-state index in [1.165, 1.54) is 18.9 Å². The zero-order valence-corrected chi connectivity index (χ0v) is 10.4. The topological polar surface area (TPSA) is 24.9 Å². The first-order valence-electron chi connectivity index (χ1n) is 5.72. The number of benzene rings is 1. The van der Waals surface area contributed by atoms with Crippen LogP contribution in [0.2, 0.25) is 0 Å². The summed E-state index contributed by atoms with van der Waals surface area (Å²) in [7, 11) is 0. The second-order valence-corrected chi connectivity index (χ2v) is 5.36. The van der Waals surface area contributed by atoms with Crippen molar-refractivity contribution in [2.24, 2.45) is 0 Å². The lowest BCUT2D eigenvalue weighted by molar-refractivity contribution is 0.628. The Hall–Kier alpha value is -1.42. The van der Waals surface area contributed by atoms with Crippen molar-refractivity contribution >= 4 is 16.5 Å². The minimum Gasteiger partial charge on any atom is -0.359 e. The molecule has 1 heterocycles. The molecule has 0 amide bonds. The van der Waals surface area contributed by atoms with Crippen molar-refractivity contribution in [3.63, 3.8) is 0 Å². The predicted octanol–water partition coefficient (Wildman–Crippen LogP) is 3.83. The third-order valence-corrected chi connectivity index (χ3v) is 3.93. The van der Waals surface area contributed by atoms with Crippen LogP contribution in [0.25, 0.3) is 10.4 Å². The van der Waals surface area contributed by atoms with Crippen LogP contribution in [0.5, 0.6) is 0 Å². The molecule has 1 fully saturated rings.